The Morgan fingerprint density at radius 1 is 1.03 bits per heavy atom. The van der Waals surface area contributed by atoms with Crippen molar-refractivity contribution >= 4 is 45.5 Å². The number of pyridine rings is 1. The van der Waals surface area contributed by atoms with Gasteiger partial charge in [0.15, 0.2) is 28.1 Å². The Bertz CT molecular complexity index is 1570. The van der Waals surface area contributed by atoms with Crippen LogP contribution in [0.25, 0.3) is 10.9 Å². The molecule has 10 heteroatoms. The van der Waals surface area contributed by atoms with E-state index in [4.69, 9.17) is 42.8 Å². The van der Waals surface area contributed by atoms with Crippen LogP contribution in [-0.2, 0) is 13.0 Å². The fourth-order valence-electron chi connectivity index (χ4n) is 4.43. The predicted octanol–water partition coefficient (Wildman–Crippen LogP) is 5.41. The third kappa shape index (κ3) is 6.21. The molecule has 1 aliphatic heterocycles. The Balaban J connectivity index is 1.42. The highest BCUT2D eigenvalue weighted by molar-refractivity contribution is 7.80. The molecule has 4 aromatic rings. The van der Waals surface area contributed by atoms with E-state index in [0.29, 0.717) is 76.9 Å². The zero-order chi connectivity index (χ0) is 27.4. The number of benzene rings is 3. The number of hydrogen-bond donors (Lipinski definition) is 2. The van der Waals surface area contributed by atoms with Crippen LogP contribution in [-0.4, -0.2) is 49.0 Å². The van der Waals surface area contributed by atoms with Crippen molar-refractivity contribution in [3.05, 3.63) is 87.2 Å². The molecular formula is C29H28ClN3O5S. The molecule has 3 aromatic carbocycles. The maximum absolute atomic E-state index is 13.1. The summed E-state index contributed by atoms with van der Waals surface area (Å²) in [6.45, 7) is 1.80. The van der Waals surface area contributed by atoms with E-state index in [0.717, 1.165) is 16.6 Å². The minimum absolute atomic E-state index is 0.194. The van der Waals surface area contributed by atoms with Crippen LogP contribution >= 0.6 is 23.8 Å². The smallest absolute Gasteiger partial charge is 0.253 e. The molecule has 0 saturated heterocycles. The largest absolute Gasteiger partial charge is 0.493 e. The average molecular weight is 566 g/mol. The molecular weight excluding hydrogens is 538 g/mol. The summed E-state index contributed by atoms with van der Waals surface area (Å²) in [4.78, 5) is 18.1. The van der Waals surface area contributed by atoms with Crippen LogP contribution in [0, 0.1) is 0 Å². The van der Waals surface area contributed by atoms with Gasteiger partial charge in [-0.3, -0.25) is 4.79 Å². The standard InChI is InChI=1S/C29H28ClN3O5S/c1-35-24-7-6-18(12-25(24)36-2)8-9-33(29(39)31-22-5-3-4-21(30)15-22)17-20-13-19-14-26-27(38-11-10-37-26)16-23(19)32-28(20)34/h3-7,12-16H,8-11,17H2,1-2H3,(H,31,39)(H,32,34). The molecule has 39 heavy (non-hydrogen) atoms. The number of thiocarbonyl (C=S) groups is 1. The minimum atomic E-state index is -0.194. The molecule has 0 atom stereocenters. The zero-order valence-electron chi connectivity index (χ0n) is 21.6. The van der Waals surface area contributed by atoms with E-state index < -0.39 is 0 Å². The molecule has 5 rings (SSSR count). The van der Waals surface area contributed by atoms with Gasteiger partial charge in [-0.15, -0.1) is 0 Å². The van der Waals surface area contributed by atoms with Gasteiger partial charge in [0.1, 0.15) is 13.2 Å². The molecule has 0 fully saturated rings. The molecule has 2 heterocycles. The number of fused-ring (bicyclic) bond motifs is 2. The van der Waals surface area contributed by atoms with Crippen molar-refractivity contribution in [1.29, 1.82) is 0 Å². The van der Waals surface area contributed by atoms with Gasteiger partial charge >= 0.3 is 0 Å². The van der Waals surface area contributed by atoms with Crippen molar-refractivity contribution in [2.24, 2.45) is 0 Å². The van der Waals surface area contributed by atoms with Gasteiger partial charge in [-0.2, -0.15) is 0 Å². The SMILES string of the molecule is COc1ccc(CCN(Cc2cc3cc4c(cc3[nH]c2=O)OCCO4)C(=S)Nc2cccc(Cl)c2)cc1OC. The molecule has 0 saturated carbocycles. The highest BCUT2D eigenvalue weighted by atomic mass is 35.5. The summed E-state index contributed by atoms with van der Waals surface area (Å²) in [6, 6.07) is 18.7. The summed E-state index contributed by atoms with van der Waals surface area (Å²) in [7, 11) is 3.22. The highest BCUT2D eigenvalue weighted by Gasteiger charge is 2.17. The maximum Gasteiger partial charge on any atom is 0.253 e. The normalized spacial score (nSPS) is 12.2. The van der Waals surface area contributed by atoms with E-state index in [2.05, 4.69) is 10.3 Å². The Labute approximate surface area is 236 Å². The molecule has 0 unspecified atom stereocenters. The Morgan fingerprint density at radius 2 is 1.79 bits per heavy atom. The van der Waals surface area contributed by atoms with Gasteiger partial charge in [0.05, 0.1) is 26.3 Å². The lowest BCUT2D eigenvalue weighted by atomic mass is 10.1. The van der Waals surface area contributed by atoms with Gasteiger partial charge in [-0.1, -0.05) is 23.7 Å². The van der Waals surface area contributed by atoms with Gasteiger partial charge < -0.3 is 34.1 Å². The van der Waals surface area contributed by atoms with Crippen molar-refractivity contribution in [3.63, 3.8) is 0 Å². The van der Waals surface area contributed by atoms with Crippen LogP contribution in [0.5, 0.6) is 23.0 Å². The number of aromatic amines is 1. The van der Waals surface area contributed by atoms with Crippen LogP contribution in [0.15, 0.2) is 65.5 Å². The van der Waals surface area contributed by atoms with Crippen molar-refractivity contribution in [2.45, 2.75) is 13.0 Å². The lowest BCUT2D eigenvalue weighted by Crippen LogP contribution is -2.37. The van der Waals surface area contributed by atoms with E-state index in [-0.39, 0.29) is 5.56 Å². The second-order valence-electron chi connectivity index (χ2n) is 9.01. The molecule has 0 radical (unpaired) electrons. The number of anilines is 1. The summed E-state index contributed by atoms with van der Waals surface area (Å²) < 4.78 is 22.2. The molecule has 0 aliphatic carbocycles. The number of ether oxygens (including phenoxy) is 4. The van der Waals surface area contributed by atoms with Crippen molar-refractivity contribution in [1.82, 2.24) is 9.88 Å². The summed E-state index contributed by atoms with van der Waals surface area (Å²) in [6.07, 6.45) is 0.655. The molecule has 202 valence electrons. The monoisotopic (exact) mass is 565 g/mol. The average Bonchev–Trinajstić information content (AvgIpc) is 2.94. The second kappa shape index (κ2) is 11.8. The molecule has 0 bridgehead atoms. The van der Waals surface area contributed by atoms with E-state index in [1.54, 1.807) is 32.4 Å². The number of nitrogens with zero attached hydrogens (tertiary/aromatic N) is 1. The predicted molar refractivity (Wildman–Crippen MR) is 157 cm³/mol. The van der Waals surface area contributed by atoms with Gasteiger partial charge in [0.2, 0.25) is 0 Å². The third-order valence-corrected chi connectivity index (χ3v) is 7.02. The number of hydrogen-bond acceptors (Lipinski definition) is 6. The van der Waals surface area contributed by atoms with E-state index in [1.165, 1.54) is 0 Å². The zero-order valence-corrected chi connectivity index (χ0v) is 23.2. The summed E-state index contributed by atoms with van der Waals surface area (Å²) in [5, 5.41) is 5.18. The molecule has 0 spiro atoms. The summed E-state index contributed by atoms with van der Waals surface area (Å²) in [5.41, 5.74) is 2.87. The first kappa shape index (κ1) is 26.6. The summed E-state index contributed by atoms with van der Waals surface area (Å²) in [5.74, 6) is 2.60. The lowest BCUT2D eigenvalue weighted by Gasteiger charge is -2.26. The maximum atomic E-state index is 13.1. The third-order valence-electron chi connectivity index (χ3n) is 6.43. The first-order valence-electron chi connectivity index (χ1n) is 12.4. The van der Waals surface area contributed by atoms with Crippen LogP contribution in [0.1, 0.15) is 11.1 Å². The number of halogens is 1. The van der Waals surface area contributed by atoms with Crippen LogP contribution in [0.3, 0.4) is 0 Å². The lowest BCUT2D eigenvalue weighted by molar-refractivity contribution is 0.172. The second-order valence-corrected chi connectivity index (χ2v) is 9.83. The van der Waals surface area contributed by atoms with Gasteiger partial charge in [0.25, 0.3) is 5.56 Å². The van der Waals surface area contributed by atoms with Gasteiger partial charge in [0, 0.05) is 34.3 Å². The first-order valence-corrected chi connectivity index (χ1v) is 13.2. The van der Waals surface area contributed by atoms with E-state index >= 15 is 0 Å². The number of methoxy groups -OCH3 is 2. The fraction of sp³-hybridized carbons (Fsp3) is 0.241. The molecule has 2 N–H and O–H groups in total. The van der Waals surface area contributed by atoms with Crippen LogP contribution in [0.4, 0.5) is 5.69 Å². The molecule has 1 aromatic heterocycles. The van der Waals surface area contributed by atoms with Crippen LogP contribution < -0.4 is 29.8 Å². The number of rotatable bonds is 8. The first-order chi connectivity index (χ1) is 18.9. The van der Waals surface area contributed by atoms with Gasteiger partial charge in [-0.25, -0.2) is 0 Å². The Kier molecular flexibility index (Phi) is 8.09. The van der Waals surface area contributed by atoms with Crippen molar-refractivity contribution in [3.8, 4) is 23.0 Å². The topological polar surface area (TPSA) is 85.1 Å². The highest BCUT2D eigenvalue weighted by Crippen LogP contribution is 2.34. The molecule has 8 nitrogen and oxygen atoms in total. The van der Waals surface area contributed by atoms with E-state index in [9.17, 15) is 4.79 Å². The van der Waals surface area contributed by atoms with Crippen molar-refractivity contribution < 1.29 is 18.9 Å². The van der Waals surface area contributed by atoms with Crippen molar-refractivity contribution in [2.75, 3.05) is 39.3 Å². The van der Waals surface area contributed by atoms with Gasteiger partial charge in [-0.05, 0) is 66.7 Å². The fourth-order valence-corrected chi connectivity index (χ4v) is 4.90. The number of nitrogens with one attached hydrogen (secondary N) is 2. The minimum Gasteiger partial charge on any atom is -0.493 e. The number of H-pyrrole nitrogens is 1. The molecule has 1 aliphatic rings. The Morgan fingerprint density at radius 3 is 2.54 bits per heavy atom. The quantitative estimate of drug-likeness (QED) is 0.274. The summed E-state index contributed by atoms with van der Waals surface area (Å²) >= 11 is 12.0. The Hall–Kier alpha value is -3.95. The van der Waals surface area contributed by atoms with E-state index in [1.807, 2.05) is 47.4 Å². The molecule has 0 amide bonds. The number of aromatic nitrogens is 1. The van der Waals surface area contributed by atoms with Crippen LogP contribution in [0.2, 0.25) is 5.02 Å².